The van der Waals surface area contributed by atoms with E-state index in [0.717, 1.165) is 6.42 Å². The highest BCUT2D eigenvalue weighted by molar-refractivity contribution is 7.32. The molecule has 0 radical (unpaired) electrons. The molecular formula is C71H86BN3S. The van der Waals surface area contributed by atoms with Crippen LogP contribution in [0, 0.1) is 0 Å². The van der Waals surface area contributed by atoms with Crippen molar-refractivity contribution in [2.24, 2.45) is 0 Å². The number of hydrogen-bond donors (Lipinski definition) is 0. The highest BCUT2D eigenvalue weighted by Gasteiger charge is 2.59. The lowest BCUT2D eigenvalue weighted by atomic mass is 9.32. The number of anilines is 5. The molecule has 5 heteroatoms. The van der Waals surface area contributed by atoms with Crippen molar-refractivity contribution in [3.8, 4) is 11.1 Å². The molecule has 7 aromatic rings. The molecular weight excluding hydrogens is 938 g/mol. The smallest absolute Gasteiger partial charge is 0.237 e. The minimum atomic E-state index is -0.0494. The Labute approximate surface area is 462 Å². The van der Waals surface area contributed by atoms with Gasteiger partial charge in [0.15, 0.2) is 0 Å². The molecule has 6 aromatic carbocycles. The second kappa shape index (κ2) is 17.8. The van der Waals surface area contributed by atoms with Crippen molar-refractivity contribution in [3.05, 3.63) is 172 Å². The first kappa shape index (κ1) is 52.5. The summed E-state index contributed by atoms with van der Waals surface area (Å²) in [5.74, 6) is 0.170. The standard InChI is InChI=1S/C71H86BN3S/c1-65(2,3)46-26-32-51(33-27-46)74(52-34-28-47(29-35-52)66(4,5)6)63-57-44-59(63)75(58-36-30-48(67(7,8)9)40-53(58)45-24-20-19-21-25-45)61-54-41-49(68(10,11)12)31-37-60(54)76-64(61)72(57)56-43-50(69(13,14)15)42-55-62(56)73(18)71(17)39-23-22-38-70(55,71)16/h19-21,24-37,40-43,57H,22-23,38-39,44H2,1-18H3. The summed E-state index contributed by atoms with van der Waals surface area (Å²) in [5.41, 5.74) is 21.7. The highest BCUT2D eigenvalue weighted by atomic mass is 32.1. The van der Waals surface area contributed by atoms with Crippen LogP contribution in [0.3, 0.4) is 0 Å². The summed E-state index contributed by atoms with van der Waals surface area (Å²) >= 11 is 2.07. The van der Waals surface area contributed by atoms with E-state index in [-0.39, 0.29) is 50.6 Å². The van der Waals surface area contributed by atoms with Crippen LogP contribution in [-0.2, 0) is 32.5 Å². The molecule has 3 nitrogen and oxygen atoms in total. The van der Waals surface area contributed by atoms with Crippen LogP contribution >= 0.6 is 11.3 Å². The van der Waals surface area contributed by atoms with Gasteiger partial charge < -0.3 is 14.7 Å². The second-order valence-electron chi connectivity index (χ2n) is 29.1. The number of likely N-dealkylation sites (N-methyl/N-ethyl adjacent to an activating group) is 1. The lowest BCUT2D eigenvalue weighted by molar-refractivity contribution is 0.189. The summed E-state index contributed by atoms with van der Waals surface area (Å²) in [5, 5.41) is 1.36. The molecule has 394 valence electrons. The van der Waals surface area contributed by atoms with Crippen LogP contribution in [0.25, 0.3) is 21.2 Å². The van der Waals surface area contributed by atoms with Crippen LogP contribution in [0.1, 0.15) is 183 Å². The van der Waals surface area contributed by atoms with Crippen molar-refractivity contribution < 1.29 is 0 Å². The summed E-state index contributed by atoms with van der Waals surface area (Å²) in [6.07, 6.45) is 5.91. The van der Waals surface area contributed by atoms with Crippen molar-refractivity contribution in [2.75, 3.05) is 21.7 Å². The quantitative estimate of drug-likeness (QED) is 0.154. The second-order valence-corrected chi connectivity index (χ2v) is 30.2. The molecule has 0 amide bonds. The molecule has 0 spiro atoms. The van der Waals surface area contributed by atoms with E-state index in [9.17, 15) is 0 Å². The molecule has 1 aromatic heterocycles. The van der Waals surface area contributed by atoms with E-state index in [1.54, 1.807) is 5.56 Å². The average molecular weight is 1020 g/mol. The molecule has 3 heterocycles. The van der Waals surface area contributed by atoms with Gasteiger partial charge in [0.2, 0.25) is 6.71 Å². The molecule has 1 saturated carbocycles. The number of rotatable bonds is 6. The van der Waals surface area contributed by atoms with Gasteiger partial charge >= 0.3 is 0 Å². The van der Waals surface area contributed by atoms with Crippen molar-refractivity contribution in [1.82, 2.24) is 0 Å². The van der Waals surface area contributed by atoms with Crippen LogP contribution < -0.4 is 24.9 Å². The van der Waals surface area contributed by atoms with Gasteiger partial charge in [0.25, 0.3) is 0 Å². The molecule has 1 fully saturated rings. The van der Waals surface area contributed by atoms with Gasteiger partial charge in [-0.1, -0.05) is 202 Å². The zero-order valence-corrected chi connectivity index (χ0v) is 50.4. The van der Waals surface area contributed by atoms with E-state index in [1.165, 1.54) is 125 Å². The van der Waals surface area contributed by atoms with Gasteiger partial charge in [0, 0.05) is 66.9 Å². The first-order valence-electron chi connectivity index (χ1n) is 28.7. The Morgan fingerprint density at radius 3 is 1.64 bits per heavy atom. The molecule has 4 aliphatic rings. The van der Waals surface area contributed by atoms with Crippen LogP contribution in [0.4, 0.5) is 28.4 Å². The Morgan fingerprint density at radius 2 is 1.08 bits per heavy atom. The van der Waals surface area contributed by atoms with Crippen molar-refractivity contribution in [2.45, 2.75) is 194 Å². The van der Waals surface area contributed by atoms with Gasteiger partial charge in [-0.05, 0) is 152 Å². The normalized spacial score (nSPS) is 20.9. The Balaban J connectivity index is 1.31. The maximum atomic E-state index is 2.81. The molecule has 2 bridgehead atoms. The van der Waals surface area contributed by atoms with Gasteiger partial charge in [-0.15, -0.1) is 11.3 Å². The lowest BCUT2D eigenvalue weighted by Crippen LogP contribution is -2.56. The van der Waals surface area contributed by atoms with Gasteiger partial charge in [0.1, 0.15) is 0 Å². The van der Waals surface area contributed by atoms with Gasteiger partial charge in [-0.2, -0.15) is 0 Å². The molecule has 0 N–H and O–H groups in total. The van der Waals surface area contributed by atoms with Gasteiger partial charge in [-0.3, -0.25) is 0 Å². The minimum absolute atomic E-state index is 0.0126. The topological polar surface area (TPSA) is 9.72 Å². The Hall–Kier alpha value is -5.52. The van der Waals surface area contributed by atoms with Crippen molar-refractivity contribution in [3.63, 3.8) is 0 Å². The largest absolute Gasteiger partial charge is 0.368 e. The number of thiophene rings is 1. The third-order valence-electron chi connectivity index (χ3n) is 19.0. The first-order valence-corrected chi connectivity index (χ1v) is 29.6. The zero-order chi connectivity index (χ0) is 54.4. The third-order valence-corrected chi connectivity index (χ3v) is 20.2. The highest BCUT2D eigenvalue weighted by Crippen LogP contribution is 2.61. The maximum Gasteiger partial charge on any atom is 0.237 e. The fraction of sp³-hybridized carbons (Fsp3) is 0.437. The fourth-order valence-corrected chi connectivity index (χ4v) is 15.1. The molecule has 11 rings (SSSR count). The predicted octanol–water partition coefficient (Wildman–Crippen LogP) is 18.7. The molecule has 3 unspecified atom stereocenters. The number of nitrogens with zero attached hydrogens (tertiary/aromatic N) is 3. The summed E-state index contributed by atoms with van der Waals surface area (Å²) in [7, 11) is 2.46. The summed E-state index contributed by atoms with van der Waals surface area (Å²) in [4.78, 5) is 8.31. The summed E-state index contributed by atoms with van der Waals surface area (Å²) in [6.45, 7) is 40.8. The van der Waals surface area contributed by atoms with Crippen molar-refractivity contribution in [1.29, 1.82) is 0 Å². The average Bonchev–Trinajstić information content (AvgIpc) is 3.77. The number of allylic oxidation sites excluding steroid dienone is 2. The van der Waals surface area contributed by atoms with Gasteiger partial charge in [-0.25, -0.2) is 0 Å². The van der Waals surface area contributed by atoms with E-state index in [1.807, 2.05) is 0 Å². The zero-order valence-electron chi connectivity index (χ0n) is 49.6. The lowest BCUT2D eigenvalue weighted by Gasteiger charge is -2.49. The minimum Gasteiger partial charge on any atom is -0.368 e. The molecule has 3 atom stereocenters. The van der Waals surface area contributed by atoms with Crippen LogP contribution in [0.5, 0.6) is 0 Å². The number of hydrogen-bond acceptors (Lipinski definition) is 4. The Bertz CT molecular complexity index is 3360. The maximum absolute atomic E-state index is 2.81. The monoisotopic (exact) mass is 1020 g/mol. The van der Waals surface area contributed by atoms with Crippen LogP contribution in [-0.4, -0.2) is 19.3 Å². The van der Waals surface area contributed by atoms with Gasteiger partial charge in [0.05, 0.1) is 11.4 Å². The number of fused-ring (bicyclic) bond motifs is 7. The molecule has 2 aliphatic heterocycles. The van der Waals surface area contributed by atoms with E-state index in [0.29, 0.717) is 0 Å². The van der Waals surface area contributed by atoms with Crippen molar-refractivity contribution >= 4 is 66.8 Å². The van der Waals surface area contributed by atoms with Crippen LogP contribution in [0.15, 0.2) is 139 Å². The van der Waals surface area contributed by atoms with E-state index >= 15 is 0 Å². The fourth-order valence-electron chi connectivity index (χ4n) is 13.7. The summed E-state index contributed by atoms with van der Waals surface area (Å²) in [6, 6.07) is 50.8. The SMILES string of the molecule is CN1c2c(B3c4sc5ccc(C(C)(C)C)cc5c4N(c4ccc(C(C)(C)C)cc4-c4ccccc4)C4=C(N(c5ccc(C(C)(C)C)cc5)c5ccc(C(C)(C)C)cc5)C3C4)cc(C(C)(C)C)cc2C2(C)CCCCC12C. The first-order chi connectivity index (χ1) is 35.5. The van der Waals surface area contributed by atoms with E-state index in [2.05, 4.69) is 278 Å². The van der Waals surface area contributed by atoms with E-state index < -0.39 is 0 Å². The Kier molecular flexibility index (Phi) is 12.3. The van der Waals surface area contributed by atoms with Crippen LogP contribution in [0.2, 0.25) is 5.82 Å². The third kappa shape index (κ3) is 8.42. The van der Waals surface area contributed by atoms with E-state index in [4.69, 9.17) is 0 Å². The number of benzene rings is 6. The molecule has 0 saturated heterocycles. The predicted molar refractivity (Wildman–Crippen MR) is 334 cm³/mol. The molecule has 76 heavy (non-hydrogen) atoms. The summed E-state index contributed by atoms with van der Waals surface area (Å²) < 4.78 is 2.84. The Morgan fingerprint density at radius 1 is 0.553 bits per heavy atom. The molecule has 2 aliphatic carbocycles.